The number of thiazole rings is 1. The number of carbonyl (C=O) groups is 1. The SMILES string of the molecule is O=C(c1csc(-c2cccc(Cl)c2)n1)N(CCO)CCO. The van der Waals surface area contributed by atoms with Crippen LogP contribution in [-0.2, 0) is 0 Å². The quantitative estimate of drug-likeness (QED) is 0.850. The summed E-state index contributed by atoms with van der Waals surface area (Å²) in [6, 6.07) is 7.26. The monoisotopic (exact) mass is 326 g/mol. The third-order valence-corrected chi connectivity index (χ3v) is 3.95. The first-order chi connectivity index (χ1) is 10.2. The van der Waals surface area contributed by atoms with Gasteiger partial charge in [0.1, 0.15) is 10.7 Å². The Morgan fingerprint density at radius 3 is 2.62 bits per heavy atom. The number of hydrogen-bond donors (Lipinski definition) is 2. The van der Waals surface area contributed by atoms with E-state index in [1.165, 1.54) is 16.2 Å². The van der Waals surface area contributed by atoms with Crippen LogP contribution in [0.1, 0.15) is 10.5 Å². The van der Waals surface area contributed by atoms with E-state index < -0.39 is 0 Å². The van der Waals surface area contributed by atoms with Crippen molar-refractivity contribution in [3.05, 3.63) is 40.4 Å². The van der Waals surface area contributed by atoms with Crippen molar-refractivity contribution in [1.82, 2.24) is 9.88 Å². The topological polar surface area (TPSA) is 73.7 Å². The number of halogens is 1. The van der Waals surface area contributed by atoms with Gasteiger partial charge in [-0.2, -0.15) is 0 Å². The second-order valence-electron chi connectivity index (χ2n) is 4.29. The molecule has 0 aliphatic heterocycles. The molecule has 112 valence electrons. The largest absolute Gasteiger partial charge is 0.395 e. The molecule has 0 aliphatic carbocycles. The lowest BCUT2D eigenvalue weighted by molar-refractivity contribution is 0.0680. The molecule has 0 fully saturated rings. The Hall–Kier alpha value is -1.47. The summed E-state index contributed by atoms with van der Waals surface area (Å²) < 4.78 is 0. The van der Waals surface area contributed by atoms with Crippen molar-refractivity contribution in [2.75, 3.05) is 26.3 Å². The van der Waals surface area contributed by atoms with E-state index in [2.05, 4.69) is 4.98 Å². The van der Waals surface area contributed by atoms with Crippen molar-refractivity contribution in [2.24, 2.45) is 0 Å². The van der Waals surface area contributed by atoms with E-state index in [1.54, 1.807) is 17.5 Å². The molecule has 0 unspecified atom stereocenters. The highest BCUT2D eigenvalue weighted by atomic mass is 35.5. The fourth-order valence-electron chi connectivity index (χ4n) is 1.84. The maximum atomic E-state index is 12.3. The number of aromatic nitrogens is 1. The van der Waals surface area contributed by atoms with Gasteiger partial charge in [0.15, 0.2) is 0 Å². The Morgan fingerprint density at radius 2 is 2.00 bits per heavy atom. The molecule has 2 N–H and O–H groups in total. The van der Waals surface area contributed by atoms with E-state index in [4.69, 9.17) is 21.8 Å². The van der Waals surface area contributed by atoms with Gasteiger partial charge in [-0.25, -0.2) is 4.98 Å². The minimum atomic E-state index is -0.303. The van der Waals surface area contributed by atoms with Crippen LogP contribution in [0.3, 0.4) is 0 Å². The molecule has 0 atom stereocenters. The molecule has 2 aromatic rings. The molecule has 2 rings (SSSR count). The average molecular weight is 327 g/mol. The highest BCUT2D eigenvalue weighted by Crippen LogP contribution is 2.26. The molecule has 0 aliphatic rings. The van der Waals surface area contributed by atoms with Crippen molar-refractivity contribution < 1.29 is 15.0 Å². The first kappa shape index (κ1) is 15.9. The van der Waals surface area contributed by atoms with Crippen molar-refractivity contribution in [3.63, 3.8) is 0 Å². The summed E-state index contributed by atoms with van der Waals surface area (Å²) in [5.41, 5.74) is 1.15. The van der Waals surface area contributed by atoms with Gasteiger partial charge in [-0.15, -0.1) is 11.3 Å². The van der Waals surface area contributed by atoms with Crippen molar-refractivity contribution >= 4 is 28.8 Å². The Labute approximate surface area is 131 Å². The van der Waals surface area contributed by atoms with Gasteiger partial charge in [-0.3, -0.25) is 4.79 Å². The smallest absolute Gasteiger partial charge is 0.273 e. The van der Waals surface area contributed by atoms with Crippen LogP contribution in [0.25, 0.3) is 10.6 Å². The predicted octanol–water partition coefficient (Wildman–Crippen LogP) is 1.89. The van der Waals surface area contributed by atoms with Crippen molar-refractivity contribution in [3.8, 4) is 10.6 Å². The minimum Gasteiger partial charge on any atom is -0.395 e. The lowest BCUT2D eigenvalue weighted by atomic mass is 10.2. The molecule has 0 bridgehead atoms. The Bertz CT molecular complexity index is 612. The molecule has 0 radical (unpaired) electrons. The highest BCUT2D eigenvalue weighted by molar-refractivity contribution is 7.13. The summed E-state index contributed by atoms with van der Waals surface area (Å²) in [5.74, 6) is -0.303. The van der Waals surface area contributed by atoms with Crippen molar-refractivity contribution in [2.45, 2.75) is 0 Å². The number of aliphatic hydroxyl groups excluding tert-OH is 2. The van der Waals surface area contributed by atoms with Crippen LogP contribution < -0.4 is 0 Å². The van der Waals surface area contributed by atoms with E-state index >= 15 is 0 Å². The Kier molecular flexibility index (Phi) is 5.69. The van der Waals surface area contributed by atoms with Crippen LogP contribution in [0.5, 0.6) is 0 Å². The van der Waals surface area contributed by atoms with Crippen LogP contribution in [0, 0.1) is 0 Å². The van der Waals surface area contributed by atoms with E-state index in [0.717, 1.165) is 5.56 Å². The number of carbonyl (C=O) groups excluding carboxylic acids is 1. The summed E-state index contributed by atoms with van der Waals surface area (Å²) in [6.45, 7) is 0.0287. The van der Waals surface area contributed by atoms with Crippen LogP contribution >= 0.6 is 22.9 Å². The van der Waals surface area contributed by atoms with Crippen LogP contribution in [0.4, 0.5) is 0 Å². The Balaban J connectivity index is 2.20. The molecule has 0 saturated carbocycles. The fraction of sp³-hybridized carbons (Fsp3) is 0.286. The lowest BCUT2D eigenvalue weighted by Crippen LogP contribution is -2.36. The van der Waals surface area contributed by atoms with Gasteiger partial charge in [-0.1, -0.05) is 23.7 Å². The maximum absolute atomic E-state index is 12.3. The first-order valence-corrected chi connectivity index (χ1v) is 7.64. The predicted molar refractivity (Wildman–Crippen MR) is 82.6 cm³/mol. The van der Waals surface area contributed by atoms with Gasteiger partial charge < -0.3 is 15.1 Å². The van der Waals surface area contributed by atoms with E-state index in [0.29, 0.717) is 15.7 Å². The number of rotatable bonds is 6. The molecule has 0 spiro atoms. The summed E-state index contributed by atoms with van der Waals surface area (Å²) >= 11 is 7.29. The summed E-state index contributed by atoms with van der Waals surface area (Å²) in [6.07, 6.45) is 0. The molecular formula is C14H15ClN2O3S. The van der Waals surface area contributed by atoms with Crippen molar-refractivity contribution in [1.29, 1.82) is 0 Å². The van der Waals surface area contributed by atoms with Crippen LogP contribution in [-0.4, -0.2) is 52.3 Å². The molecule has 1 aromatic heterocycles. The van der Waals surface area contributed by atoms with Gasteiger partial charge in [0.25, 0.3) is 5.91 Å². The second-order valence-corrected chi connectivity index (χ2v) is 5.58. The maximum Gasteiger partial charge on any atom is 0.273 e. The molecular weight excluding hydrogens is 312 g/mol. The number of hydrogen-bond acceptors (Lipinski definition) is 5. The van der Waals surface area contributed by atoms with Gasteiger partial charge in [0, 0.05) is 29.1 Å². The zero-order valence-electron chi connectivity index (χ0n) is 11.2. The molecule has 5 nitrogen and oxygen atoms in total. The number of aliphatic hydroxyl groups is 2. The van der Waals surface area contributed by atoms with Gasteiger partial charge in [0.2, 0.25) is 0 Å². The van der Waals surface area contributed by atoms with Gasteiger partial charge >= 0.3 is 0 Å². The molecule has 1 aromatic carbocycles. The fourth-order valence-corrected chi connectivity index (χ4v) is 2.83. The normalized spacial score (nSPS) is 10.6. The molecule has 1 amide bonds. The minimum absolute atomic E-state index is 0.156. The van der Waals surface area contributed by atoms with Crippen LogP contribution in [0.2, 0.25) is 5.02 Å². The number of nitrogens with zero attached hydrogens (tertiary/aromatic N) is 2. The van der Waals surface area contributed by atoms with E-state index in [-0.39, 0.29) is 32.2 Å². The summed E-state index contributed by atoms with van der Waals surface area (Å²) in [7, 11) is 0. The molecule has 7 heteroatoms. The summed E-state index contributed by atoms with van der Waals surface area (Å²) in [4.78, 5) is 17.9. The molecule has 0 saturated heterocycles. The Morgan fingerprint density at radius 1 is 1.29 bits per heavy atom. The van der Waals surface area contributed by atoms with E-state index in [9.17, 15) is 4.79 Å². The third-order valence-electron chi connectivity index (χ3n) is 2.82. The van der Waals surface area contributed by atoms with Gasteiger partial charge in [-0.05, 0) is 12.1 Å². The zero-order valence-corrected chi connectivity index (χ0v) is 12.8. The first-order valence-electron chi connectivity index (χ1n) is 6.38. The standard InChI is InChI=1S/C14H15ClN2O3S/c15-11-3-1-2-10(8-11)13-16-12(9-21-13)14(20)17(4-6-18)5-7-19/h1-3,8-9,18-19H,4-7H2. The molecule has 21 heavy (non-hydrogen) atoms. The third kappa shape index (κ3) is 4.01. The zero-order chi connectivity index (χ0) is 15.2. The number of amides is 1. The average Bonchev–Trinajstić information content (AvgIpc) is 2.96. The molecule has 1 heterocycles. The highest BCUT2D eigenvalue weighted by Gasteiger charge is 2.18. The van der Waals surface area contributed by atoms with Crippen LogP contribution in [0.15, 0.2) is 29.6 Å². The lowest BCUT2D eigenvalue weighted by Gasteiger charge is -2.19. The summed E-state index contributed by atoms with van der Waals surface area (Å²) in [5, 5.41) is 20.9. The second kappa shape index (κ2) is 7.51. The van der Waals surface area contributed by atoms with Gasteiger partial charge in [0.05, 0.1) is 13.2 Å². The van der Waals surface area contributed by atoms with E-state index in [1.807, 2.05) is 12.1 Å². The number of benzene rings is 1.